The number of hydrogen-bond donors (Lipinski definition) is 1. The molecule has 9 heteroatoms. The molecule has 0 atom stereocenters. The average Bonchev–Trinajstić information content (AvgIpc) is 3.37. The predicted molar refractivity (Wildman–Crippen MR) is 143 cm³/mol. The molecule has 2 aromatic rings. The minimum Gasteiger partial charge on any atom is -0.449 e. The van der Waals surface area contributed by atoms with Crippen LogP contribution in [0.1, 0.15) is 76.8 Å². The maximum atomic E-state index is 12.7. The molecule has 0 unspecified atom stereocenters. The minimum atomic E-state index is -0.660. The molecule has 4 rings (SSSR count). The third-order valence-corrected chi connectivity index (χ3v) is 7.13. The molecule has 2 aliphatic rings. The molecule has 1 N–H and O–H groups in total. The van der Waals surface area contributed by atoms with Crippen molar-refractivity contribution in [3.8, 4) is 11.1 Å². The summed E-state index contributed by atoms with van der Waals surface area (Å²) < 4.78 is 11.6. The van der Waals surface area contributed by atoms with E-state index in [1.807, 2.05) is 52.0 Å². The number of hydroxylamine groups is 2. The van der Waals surface area contributed by atoms with E-state index in [1.54, 1.807) is 0 Å². The summed E-state index contributed by atoms with van der Waals surface area (Å²) in [5, 5.41) is 3.48. The van der Waals surface area contributed by atoms with Crippen molar-refractivity contribution in [3.63, 3.8) is 0 Å². The van der Waals surface area contributed by atoms with Gasteiger partial charge in [0.05, 0.1) is 12.0 Å². The third-order valence-electron chi connectivity index (χ3n) is 7.13. The molecule has 208 valence electrons. The van der Waals surface area contributed by atoms with Gasteiger partial charge in [0, 0.05) is 30.9 Å². The highest BCUT2D eigenvalue weighted by Crippen LogP contribution is 2.44. The van der Waals surface area contributed by atoms with E-state index >= 15 is 0 Å². The van der Waals surface area contributed by atoms with Crippen molar-refractivity contribution in [3.05, 3.63) is 59.7 Å². The molecule has 1 heterocycles. The highest BCUT2D eigenvalue weighted by molar-refractivity contribution is 6.01. The summed E-state index contributed by atoms with van der Waals surface area (Å²) in [6, 6.07) is 16.4. The predicted octanol–water partition coefficient (Wildman–Crippen LogP) is 4.88. The number of rotatable bonds is 11. The normalized spacial score (nSPS) is 15.2. The van der Waals surface area contributed by atoms with Gasteiger partial charge in [-0.3, -0.25) is 9.59 Å². The average molecular weight is 537 g/mol. The highest BCUT2D eigenvalue weighted by Gasteiger charge is 2.34. The Morgan fingerprint density at radius 2 is 1.46 bits per heavy atom. The number of carbonyl (C=O) groups excluding carboxylic acids is 4. The number of nitrogens with one attached hydrogen (secondary N) is 1. The first kappa shape index (κ1) is 28.3. The van der Waals surface area contributed by atoms with Gasteiger partial charge in [-0.25, -0.2) is 9.59 Å². The number of amides is 3. The standard InChI is InChI=1S/C30H36N2O7/c1-29(2,17-18-38-30(3,4)16-15-27(35)39-32-25(33)13-14-26(32)34)31-28(36)37-19-24-22-11-7-5-9-20(22)21-10-6-8-12-23(21)24/h5-12,24H,13-19H2,1-4H3,(H,31,36). The summed E-state index contributed by atoms with van der Waals surface area (Å²) in [6.07, 6.45) is 0.464. The molecule has 2 aromatic carbocycles. The first-order chi connectivity index (χ1) is 18.5. The van der Waals surface area contributed by atoms with Gasteiger partial charge < -0.3 is 19.6 Å². The molecule has 0 saturated carbocycles. The largest absolute Gasteiger partial charge is 0.449 e. The van der Waals surface area contributed by atoms with Crippen LogP contribution in [0.2, 0.25) is 0 Å². The van der Waals surface area contributed by atoms with Gasteiger partial charge >= 0.3 is 12.1 Å². The van der Waals surface area contributed by atoms with E-state index in [4.69, 9.17) is 14.3 Å². The first-order valence-corrected chi connectivity index (χ1v) is 13.3. The van der Waals surface area contributed by atoms with Crippen LogP contribution in [-0.2, 0) is 28.7 Å². The van der Waals surface area contributed by atoms with E-state index in [-0.39, 0.29) is 31.8 Å². The summed E-state index contributed by atoms with van der Waals surface area (Å²) in [4.78, 5) is 52.9. The smallest absolute Gasteiger partial charge is 0.407 e. The van der Waals surface area contributed by atoms with Gasteiger partial charge in [-0.2, -0.15) is 0 Å². The Bertz CT molecular complexity index is 1190. The second-order valence-electron chi connectivity index (χ2n) is 11.2. The Morgan fingerprint density at radius 1 is 0.897 bits per heavy atom. The second kappa shape index (κ2) is 11.6. The SMILES string of the molecule is CC(C)(CCOC(C)(C)CCC(=O)ON1C(=O)CCC1=O)NC(=O)OCC1c2ccccc2-c2ccccc21. The summed E-state index contributed by atoms with van der Waals surface area (Å²) in [5.41, 5.74) is 3.42. The van der Waals surface area contributed by atoms with Crippen LogP contribution in [0.4, 0.5) is 4.79 Å². The zero-order valence-corrected chi connectivity index (χ0v) is 23.0. The maximum absolute atomic E-state index is 12.7. The van der Waals surface area contributed by atoms with E-state index in [0.717, 1.165) is 11.1 Å². The minimum absolute atomic E-state index is 0.00848. The zero-order chi connectivity index (χ0) is 28.2. The summed E-state index contributed by atoms with van der Waals surface area (Å²) in [6.45, 7) is 8.06. The van der Waals surface area contributed by atoms with Crippen molar-refractivity contribution in [2.45, 2.75) is 76.9 Å². The van der Waals surface area contributed by atoms with Gasteiger partial charge in [0.2, 0.25) is 0 Å². The molecule has 0 bridgehead atoms. The van der Waals surface area contributed by atoms with Gasteiger partial charge in [0.1, 0.15) is 6.61 Å². The first-order valence-electron chi connectivity index (χ1n) is 13.3. The molecule has 1 saturated heterocycles. The molecule has 1 fully saturated rings. The fourth-order valence-corrected chi connectivity index (χ4v) is 4.84. The highest BCUT2D eigenvalue weighted by atomic mass is 16.7. The van der Waals surface area contributed by atoms with Crippen LogP contribution in [-0.4, -0.2) is 53.3 Å². The fourth-order valence-electron chi connectivity index (χ4n) is 4.84. The van der Waals surface area contributed by atoms with E-state index < -0.39 is 35.0 Å². The lowest BCUT2D eigenvalue weighted by Gasteiger charge is -2.30. The molecular formula is C30H36N2O7. The number of benzene rings is 2. The number of fused-ring (bicyclic) bond motifs is 3. The van der Waals surface area contributed by atoms with Gasteiger partial charge in [-0.05, 0) is 62.8 Å². The number of alkyl carbamates (subject to hydrolysis) is 1. The summed E-state index contributed by atoms with van der Waals surface area (Å²) in [5.74, 6) is -1.68. The molecule has 0 spiro atoms. The summed E-state index contributed by atoms with van der Waals surface area (Å²) in [7, 11) is 0. The molecule has 0 aromatic heterocycles. The van der Waals surface area contributed by atoms with Crippen LogP contribution < -0.4 is 5.32 Å². The number of nitrogens with zero attached hydrogens (tertiary/aromatic N) is 1. The molecule has 3 amide bonds. The molecule has 9 nitrogen and oxygen atoms in total. The van der Waals surface area contributed by atoms with Gasteiger partial charge in [0.25, 0.3) is 11.8 Å². The van der Waals surface area contributed by atoms with Crippen molar-refractivity contribution in [1.82, 2.24) is 10.4 Å². The van der Waals surface area contributed by atoms with E-state index in [2.05, 4.69) is 29.6 Å². The van der Waals surface area contributed by atoms with Crippen molar-refractivity contribution < 1.29 is 33.5 Å². The number of hydrogen-bond acceptors (Lipinski definition) is 7. The van der Waals surface area contributed by atoms with E-state index in [0.29, 0.717) is 24.5 Å². The van der Waals surface area contributed by atoms with Gasteiger partial charge in [0.15, 0.2) is 0 Å². The van der Waals surface area contributed by atoms with Crippen molar-refractivity contribution >= 4 is 23.9 Å². The monoisotopic (exact) mass is 536 g/mol. The zero-order valence-electron chi connectivity index (χ0n) is 23.0. The summed E-state index contributed by atoms with van der Waals surface area (Å²) >= 11 is 0. The topological polar surface area (TPSA) is 111 Å². The molecule has 1 aliphatic heterocycles. The Balaban J connectivity index is 1.20. The lowest BCUT2D eigenvalue weighted by molar-refractivity contribution is -0.198. The van der Waals surface area contributed by atoms with Gasteiger partial charge in [-0.15, -0.1) is 5.06 Å². The number of ether oxygens (including phenoxy) is 2. The van der Waals surface area contributed by atoms with E-state index in [9.17, 15) is 19.2 Å². The lowest BCUT2D eigenvalue weighted by Crippen LogP contribution is -2.45. The Labute approximate surface area is 228 Å². The van der Waals surface area contributed by atoms with Crippen molar-refractivity contribution in [2.24, 2.45) is 0 Å². The molecular weight excluding hydrogens is 500 g/mol. The van der Waals surface area contributed by atoms with Gasteiger partial charge in [-0.1, -0.05) is 48.5 Å². The van der Waals surface area contributed by atoms with E-state index in [1.165, 1.54) is 11.1 Å². The van der Waals surface area contributed by atoms with Crippen LogP contribution in [0.15, 0.2) is 48.5 Å². The van der Waals surface area contributed by atoms with Crippen molar-refractivity contribution in [1.29, 1.82) is 0 Å². The second-order valence-corrected chi connectivity index (χ2v) is 11.2. The van der Waals surface area contributed by atoms with Crippen LogP contribution in [0, 0.1) is 0 Å². The Morgan fingerprint density at radius 3 is 2.05 bits per heavy atom. The van der Waals surface area contributed by atoms with Crippen LogP contribution >= 0.6 is 0 Å². The van der Waals surface area contributed by atoms with Crippen LogP contribution in [0.25, 0.3) is 11.1 Å². The Kier molecular flexibility index (Phi) is 8.39. The van der Waals surface area contributed by atoms with Crippen LogP contribution in [0.5, 0.6) is 0 Å². The van der Waals surface area contributed by atoms with Crippen LogP contribution in [0.3, 0.4) is 0 Å². The fraction of sp³-hybridized carbons (Fsp3) is 0.467. The third kappa shape index (κ3) is 7.03. The molecule has 0 radical (unpaired) electrons. The quantitative estimate of drug-likeness (QED) is 0.408. The molecule has 1 aliphatic carbocycles. The maximum Gasteiger partial charge on any atom is 0.407 e. The Hall–Kier alpha value is -3.72. The molecule has 39 heavy (non-hydrogen) atoms. The lowest BCUT2D eigenvalue weighted by atomic mass is 9.98. The number of imide groups is 1. The van der Waals surface area contributed by atoms with Crippen molar-refractivity contribution in [2.75, 3.05) is 13.2 Å². The number of carbonyl (C=O) groups is 4.